The lowest BCUT2D eigenvalue weighted by Gasteiger charge is -2.54. The zero-order valence-electron chi connectivity index (χ0n) is 11.0. The fourth-order valence-electron chi connectivity index (χ4n) is 5.49. The number of hydrogen-bond acceptors (Lipinski definition) is 1. The van der Waals surface area contributed by atoms with Crippen molar-refractivity contribution in [3.8, 4) is 0 Å². The third kappa shape index (κ3) is 1.69. The summed E-state index contributed by atoms with van der Waals surface area (Å²) in [5.41, 5.74) is 1.72. The van der Waals surface area contributed by atoms with Crippen LogP contribution in [0.5, 0.6) is 0 Å². The molecule has 0 aromatic heterocycles. The van der Waals surface area contributed by atoms with E-state index in [1.165, 1.54) is 13.0 Å². The van der Waals surface area contributed by atoms with Gasteiger partial charge in [0, 0.05) is 6.04 Å². The molecule has 5 aliphatic rings. The van der Waals surface area contributed by atoms with Gasteiger partial charge in [-0.15, -0.1) is 0 Å². The van der Waals surface area contributed by atoms with Crippen molar-refractivity contribution in [2.45, 2.75) is 51.5 Å². The molecule has 0 aromatic rings. The van der Waals surface area contributed by atoms with Gasteiger partial charge in [0.05, 0.1) is 0 Å². The Bertz CT molecular complexity index is 315. The van der Waals surface area contributed by atoms with Crippen LogP contribution in [0.1, 0.15) is 45.4 Å². The molecule has 1 N–H and O–H groups in total. The van der Waals surface area contributed by atoms with Gasteiger partial charge in [-0.25, -0.2) is 0 Å². The van der Waals surface area contributed by atoms with Gasteiger partial charge in [0.25, 0.3) is 0 Å². The van der Waals surface area contributed by atoms with Gasteiger partial charge >= 0.3 is 0 Å². The van der Waals surface area contributed by atoms with Crippen molar-refractivity contribution in [2.75, 3.05) is 6.54 Å². The molecule has 0 amide bonds. The highest BCUT2D eigenvalue weighted by atomic mass is 14.9. The summed E-state index contributed by atoms with van der Waals surface area (Å²) in [4.78, 5) is 0. The second kappa shape index (κ2) is 3.85. The fourth-order valence-corrected chi connectivity index (χ4v) is 5.49. The standard InChI is InChI=1S/C16H25N/c1-10-13(2-3-17-10)9-16-14-5-11-4-12(7-14)8-15(16)6-11/h9-12,14-17H,2-8H2,1H3/b13-9+. The Morgan fingerprint density at radius 2 is 1.65 bits per heavy atom. The highest BCUT2D eigenvalue weighted by molar-refractivity contribution is 5.18. The maximum atomic E-state index is 3.57. The first-order valence-corrected chi connectivity index (χ1v) is 7.73. The lowest BCUT2D eigenvalue weighted by atomic mass is 9.51. The third-order valence-electron chi connectivity index (χ3n) is 6.13. The third-order valence-corrected chi connectivity index (χ3v) is 6.13. The Kier molecular flexibility index (Phi) is 2.40. The molecule has 5 fully saturated rings. The molecule has 0 radical (unpaired) electrons. The van der Waals surface area contributed by atoms with Gasteiger partial charge in [0.2, 0.25) is 0 Å². The monoisotopic (exact) mass is 231 g/mol. The number of allylic oxidation sites excluding steroid dienone is 1. The molecule has 94 valence electrons. The molecule has 4 bridgehead atoms. The van der Waals surface area contributed by atoms with Crippen LogP contribution >= 0.6 is 0 Å². The summed E-state index contributed by atoms with van der Waals surface area (Å²) in [5, 5.41) is 3.57. The van der Waals surface area contributed by atoms with Gasteiger partial charge in [-0.2, -0.15) is 0 Å². The van der Waals surface area contributed by atoms with Crippen molar-refractivity contribution < 1.29 is 0 Å². The minimum absolute atomic E-state index is 0.659. The van der Waals surface area contributed by atoms with Crippen molar-refractivity contribution >= 4 is 0 Å². The van der Waals surface area contributed by atoms with Crippen LogP contribution in [0.3, 0.4) is 0 Å². The number of nitrogens with one attached hydrogen (secondary N) is 1. The van der Waals surface area contributed by atoms with E-state index >= 15 is 0 Å². The van der Waals surface area contributed by atoms with E-state index in [0.29, 0.717) is 6.04 Å². The lowest BCUT2D eigenvalue weighted by molar-refractivity contribution is -0.0165. The van der Waals surface area contributed by atoms with E-state index < -0.39 is 0 Å². The molecule has 1 nitrogen and oxygen atoms in total. The summed E-state index contributed by atoms with van der Waals surface area (Å²) < 4.78 is 0. The van der Waals surface area contributed by atoms with E-state index in [1.54, 1.807) is 37.7 Å². The van der Waals surface area contributed by atoms with Crippen LogP contribution in [0.4, 0.5) is 0 Å². The molecule has 4 aliphatic carbocycles. The average Bonchev–Trinajstić information content (AvgIpc) is 2.68. The zero-order valence-corrected chi connectivity index (χ0v) is 11.0. The van der Waals surface area contributed by atoms with Crippen LogP contribution in [0, 0.1) is 29.6 Å². The molecule has 1 atom stereocenters. The van der Waals surface area contributed by atoms with Gasteiger partial charge in [-0.3, -0.25) is 0 Å². The van der Waals surface area contributed by atoms with Gasteiger partial charge < -0.3 is 5.32 Å². The Morgan fingerprint density at radius 3 is 2.18 bits per heavy atom. The summed E-state index contributed by atoms with van der Waals surface area (Å²) >= 11 is 0. The highest BCUT2D eigenvalue weighted by Crippen LogP contribution is 2.57. The SMILES string of the molecule is CC1NCC/C1=C\C1C2CC3CC(C2)CC1C3. The molecule has 4 saturated carbocycles. The van der Waals surface area contributed by atoms with Crippen LogP contribution < -0.4 is 5.32 Å². The Hall–Kier alpha value is -0.300. The summed E-state index contributed by atoms with van der Waals surface area (Å²) in [6.07, 6.45) is 11.8. The second-order valence-corrected chi connectivity index (χ2v) is 7.18. The molecule has 0 spiro atoms. The molecule has 1 aliphatic heterocycles. The predicted molar refractivity (Wildman–Crippen MR) is 70.7 cm³/mol. The second-order valence-electron chi connectivity index (χ2n) is 7.18. The molecular weight excluding hydrogens is 206 g/mol. The summed E-state index contributed by atoms with van der Waals surface area (Å²) in [6.45, 7) is 3.55. The normalized spacial score (nSPS) is 54.8. The molecule has 1 heteroatoms. The molecule has 5 rings (SSSR count). The maximum absolute atomic E-state index is 3.57. The molecule has 17 heavy (non-hydrogen) atoms. The first kappa shape index (κ1) is 10.6. The minimum atomic E-state index is 0.659. The van der Waals surface area contributed by atoms with Crippen molar-refractivity contribution in [1.82, 2.24) is 5.32 Å². The van der Waals surface area contributed by atoms with Crippen LogP contribution in [0.15, 0.2) is 11.6 Å². The highest BCUT2D eigenvalue weighted by Gasteiger charge is 2.47. The van der Waals surface area contributed by atoms with Gasteiger partial charge in [-0.05, 0) is 81.6 Å². The molecule has 0 aromatic carbocycles. The first-order chi connectivity index (χ1) is 8.29. The van der Waals surface area contributed by atoms with Gasteiger partial charge in [0.1, 0.15) is 0 Å². The Morgan fingerprint density at radius 1 is 1.00 bits per heavy atom. The smallest absolute Gasteiger partial charge is 0.0251 e. The zero-order chi connectivity index (χ0) is 11.4. The van der Waals surface area contributed by atoms with E-state index in [9.17, 15) is 0 Å². The van der Waals surface area contributed by atoms with Crippen LogP contribution in [0.2, 0.25) is 0 Å². The lowest BCUT2D eigenvalue weighted by Crippen LogP contribution is -2.44. The van der Waals surface area contributed by atoms with E-state index in [1.807, 2.05) is 0 Å². The van der Waals surface area contributed by atoms with Crippen molar-refractivity contribution in [2.24, 2.45) is 29.6 Å². The largest absolute Gasteiger partial charge is 0.310 e. The van der Waals surface area contributed by atoms with Crippen molar-refractivity contribution in [1.29, 1.82) is 0 Å². The minimum Gasteiger partial charge on any atom is -0.310 e. The molecule has 1 unspecified atom stereocenters. The molecular formula is C16H25N. The Labute approximate surface area is 105 Å². The van der Waals surface area contributed by atoms with E-state index in [0.717, 1.165) is 29.6 Å². The predicted octanol–water partition coefficient (Wildman–Crippen LogP) is 3.37. The number of rotatable bonds is 1. The summed E-state index contributed by atoms with van der Waals surface area (Å²) in [6, 6.07) is 0.659. The molecule has 1 saturated heterocycles. The summed E-state index contributed by atoms with van der Waals surface area (Å²) in [7, 11) is 0. The first-order valence-electron chi connectivity index (χ1n) is 7.73. The van der Waals surface area contributed by atoms with Crippen molar-refractivity contribution in [3.63, 3.8) is 0 Å². The number of hydrogen-bond donors (Lipinski definition) is 1. The van der Waals surface area contributed by atoms with Crippen LogP contribution in [-0.2, 0) is 0 Å². The van der Waals surface area contributed by atoms with E-state index in [-0.39, 0.29) is 0 Å². The van der Waals surface area contributed by atoms with Gasteiger partial charge in [0.15, 0.2) is 0 Å². The van der Waals surface area contributed by atoms with Gasteiger partial charge in [-0.1, -0.05) is 11.6 Å². The van der Waals surface area contributed by atoms with E-state index in [4.69, 9.17) is 0 Å². The van der Waals surface area contributed by atoms with E-state index in [2.05, 4.69) is 18.3 Å². The van der Waals surface area contributed by atoms with Crippen LogP contribution in [0.25, 0.3) is 0 Å². The van der Waals surface area contributed by atoms with Crippen LogP contribution in [-0.4, -0.2) is 12.6 Å². The fraction of sp³-hybridized carbons (Fsp3) is 0.875. The quantitative estimate of drug-likeness (QED) is 0.682. The summed E-state index contributed by atoms with van der Waals surface area (Å²) in [5.74, 6) is 5.32. The average molecular weight is 231 g/mol. The van der Waals surface area contributed by atoms with Crippen molar-refractivity contribution in [3.05, 3.63) is 11.6 Å². The molecule has 1 heterocycles. The topological polar surface area (TPSA) is 12.0 Å². The Balaban J connectivity index is 1.58. The maximum Gasteiger partial charge on any atom is 0.0251 e.